The van der Waals surface area contributed by atoms with Crippen LogP contribution in [0.15, 0.2) is 35.3 Å². The number of aromatic nitrogens is 2. The van der Waals surface area contributed by atoms with Crippen molar-refractivity contribution in [3.05, 3.63) is 57.5 Å². The maximum absolute atomic E-state index is 12.9. The van der Waals surface area contributed by atoms with E-state index in [0.717, 1.165) is 11.1 Å². The van der Waals surface area contributed by atoms with Gasteiger partial charge in [0.25, 0.3) is 5.56 Å². The molecule has 6 heteroatoms. The molecule has 0 aliphatic heterocycles. The van der Waals surface area contributed by atoms with Crippen LogP contribution in [0.4, 0.5) is 0 Å². The summed E-state index contributed by atoms with van der Waals surface area (Å²) in [5.41, 5.74) is 7.72. The topological polar surface area (TPSA) is 79.4 Å². The number of benzene rings is 1. The van der Waals surface area contributed by atoms with E-state index in [9.17, 15) is 4.79 Å². The zero-order valence-electron chi connectivity index (χ0n) is 17.0. The molecular formula is C21H31N3O3. The average Bonchev–Trinajstić information content (AvgIpc) is 2.59. The highest BCUT2D eigenvalue weighted by molar-refractivity contribution is 5.32. The molecule has 0 unspecified atom stereocenters. The fourth-order valence-electron chi connectivity index (χ4n) is 2.74. The predicted molar refractivity (Wildman–Crippen MR) is 107 cm³/mol. The molecule has 0 radical (unpaired) electrons. The van der Waals surface area contributed by atoms with Crippen LogP contribution in [0.2, 0.25) is 0 Å². The quantitative estimate of drug-likeness (QED) is 0.719. The van der Waals surface area contributed by atoms with Gasteiger partial charge in [-0.05, 0) is 37.8 Å². The first-order valence-corrected chi connectivity index (χ1v) is 9.35. The van der Waals surface area contributed by atoms with Gasteiger partial charge in [0.15, 0.2) is 0 Å². The molecule has 0 fully saturated rings. The third-order valence-corrected chi connectivity index (χ3v) is 4.14. The lowest BCUT2D eigenvalue weighted by Gasteiger charge is -2.23. The highest BCUT2D eigenvalue weighted by Gasteiger charge is 2.22. The first-order valence-electron chi connectivity index (χ1n) is 9.35. The van der Waals surface area contributed by atoms with Crippen LogP contribution < -0.4 is 16.0 Å². The van der Waals surface area contributed by atoms with Crippen molar-refractivity contribution in [3.8, 4) is 5.75 Å². The smallest absolute Gasteiger partial charge is 0.274 e. The monoisotopic (exact) mass is 373 g/mol. The summed E-state index contributed by atoms with van der Waals surface area (Å²) in [4.78, 5) is 12.9. The number of hydrogen-bond donors (Lipinski definition) is 1. The highest BCUT2D eigenvalue weighted by Crippen LogP contribution is 2.24. The van der Waals surface area contributed by atoms with Gasteiger partial charge in [0.1, 0.15) is 12.4 Å². The molecule has 6 nitrogen and oxygen atoms in total. The van der Waals surface area contributed by atoms with Crippen LogP contribution in [0, 0.1) is 0 Å². The Morgan fingerprint density at radius 2 is 1.70 bits per heavy atom. The van der Waals surface area contributed by atoms with Gasteiger partial charge in [-0.1, -0.05) is 38.1 Å². The molecule has 1 aromatic heterocycles. The van der Waals surface area contributed by atoms with E-state index in [1.165, 1.54) is 4.68 Å². The van der Waals surface area contributed by atoms with Gasteiger partial charge in [-0.2, -0.15) is 5.10 Å². The number of hydrogen-bond acceptors (Lipinski definition) is 5. The molecular weight excluding hydrogens is 342 g/mol. The van der Waals surface area contributed by atoms with Crippen molar-refractivity contribution in [2.75, 3.05) is 13.2 Å². The second-order valence-electron chi connectivity index (χ2n) is 7.91. The molecule has 2 N–H and O–H groups in total. The van der Waals surface area contributed by atoms with Gasteiger partial charge in [0.2, 0.25) is 0 Å². The van der Waals surface area contributed by atoms with Gasteiger partial charge in [-0.15, -0.1) is 0 Å². The summed E-state index contributed by atoms with van der Waals surface area (Å²) in [6.07, 6.45) is 1.65. The molecule has 0 atom stereocenters. The van der Waals surface area contributed by atoms with Crippen LogP contribution in [-0.4, -0.2) is 22.9 Å². The molecule has 1 heterocycles. The zero-order valence-corrected chi connectivity index (χ0v) is 17.0. The van der Waals surface area contributed by atoms with Crippen molar-refractivity contribution < 1.29 is 9.47 Å². The minimum Gasteiger partial charge on any atom is -0.487 e. The van der Waals surface area contributed by atoms with Crippen molar-refractivity contribution in [1.29, 1.82) is 0 Å². The molecule has 0 bridgehead atoms. The normalized spacial score (nSPS) is 11.8. The van der Waals surface area contributed by atoms with Crippen LogP contribution in [-0.2, 0) is 23.5 Å². The standard InChI is InChI=1S/C21H31N3O3/c1-15(2)19-18(12-23-24(20(19)25)21(3,4)5)27-14-17-8-6-16(7-9-17)13-26-11-10-22/h6-9,12,15H,10-11,13-14,22H2,1-5H3. The summed E-state index contributed by atoms with van der Waals surface area (Å²) in [5.74, 6) is 0.594. The molecule has 0 aliphatic rings. The maximum Gasteiger partial charge on any atom is 0.274 e. The van der Waals surface area contributed by atoms with E-state index < -0.39 is 0 Å². The molecule has 1 aromatic carbocycles. The SMILES string of the molecule is CC(C)c1c(OCc2ccc(COCCN)cc2)cnn(C(C)(C)C)c1=O. The Hall–Kier alpha value is -2.18. The molecule has 2 rings (SSSR count). The van der Waals surface area contributed by atoms with E-state index >= 15 is 0 Å². The van der Waals surface area contributed by atoms with Crippen molar-refractivity contribution in [1.82, 2.24) is 9.78 Å². The van der Waals surface area contributed by atoms with Crippen LogP contribution in [0.1, 0.15) is 57.2 Å². The van der Waals surface area contributed by atoms with E-state index in [0.29, 0.717) is 37.7 Å². The van der Waals surface area contributed by atoms with Gasteiger partial charge in [-0.3, -0.25) is 4.79 Å². The number of nitrogens with zero attached hydrogens (tertiary/aromatic N) is 2. The molecule has 0 amide bonds. The summed E-state index contributed by atoms with van der Waals surface area (Å²) in [5, 5.41) is 4.31. The Morgan fingerprint density at radius 1 is 1.11 bits per heavy atom. The van der Waals surface area contributed by atoms with Gasteiger partial charge in [0.05, 0.1) is 30.5 Å². The minimum atomic E-state index is -0.374. The van der Waals surface area contributed by atoms with Crippen LogP contribution in [0.25, 0.3) is 0 Å². The van der Waals surface area contributed by atoms with E-state index in [1.54, 1.807) is 6.20 Å². The summed E-state index contributed by atoms with van der Waals surface area (Å²) >= 11 is 0. The van der Waals surface area contributed by atoms with Crippen molar-refractivity contribution in [2.24, 2.45) is 5.73 Å². The van der Waals surface area contributed by atoms with Crippen LogP contribution in [0.3, 0.4) is 0 Å². The van der Waals surface area contributed by atoms with Crippen LogP contribution in [0.5, 0.6) is 5.75 Å². The Morgan fingerprint density at radius 3 is 2.22 bits per heavy atom. The second-order valence-corrected chi connectivity index (χ2v) is 7.91. The van der Waals surface area contributed by atoms with E-state index in [1.807, 2.05) is 58.9 Å². The van der Waals surface area contributed by atoms with Crippen LogP contribution >= 0.6 is 0 Å². The fraction of sp³-hybridized carbons (Fsp3) is 0.524. The molecule has 27 heavy (non-hydrogen) atoms. The molecule has 0 saturated heterocycles. The van der Waals surface area contributed by atoms with Gasteiger partial charge in [-0.25, -0.2) is 4.68 Å². The van der Waals surface area contributed by atoms with E-state index in [4.69, 9.17) is 15.2 Å². The molecule has 2 aromatic rings. The lowest BCUT2D eigenvalue weighted by molar-refractivity contribution is 0.128. The predicted octanol–water partition coefficient (Wildman–Crippen LogP) is 3.18. The second kappa shape index (κ2) is 9.15. The summed E-state index contributed by atoms with van der Waals surface area (Å²) in [7, 11) is 0. The number of ether oxygens (including phenoxy) is 2. The highest BCUT2D eigenvalue weighted by atomic mass is 16.5. The Kier molecular flexibility index (Phi) is 7.16. The third-order valence-electron chi connectivity index (χ3n) is 4.14. The van der Waals surface area contributed by atoms with Crippen molar-refractivity contribution in [3.63, 3.8) is 0 Å². The number of nitrogens with two attached hydrogens (primary N) is 1. The lowest BCUT2D eigenvalue weighted by atomic mass is 10.0. The summed E-state index contributed by atoms with van der Waals surface area (Å²) in [6.45, 7) is 11.9. The Balaban J connectivity index is 2.13. The van der Waals surface area contributed by atoms with E-state index in [2.05, 4.69) is 5.10 Å². The largest absolute Gasteiger partial charge is 0.487 e. The first-order chi connectivity index (χ1) is 12.7. The van der Waals surface area contributed by atoms with Gasteiger partial charge in [0, 0.05) is 6.54 Å². The summed E-state index contributed by atoms with van der Waals surface area (Å²) in [6, 6.07) is 8.02. The maximum atomic E-state index is 12.9. The average molecular weight is 373 g/mol. The van der Waals surface area contributed by atoms with E-state index in [-0.39, 0.29) is 17.0 Å². The number of rotatable bonds is 8. The lowest BCUT2D eigenvalue weighted by Crippen LogP contribution is -2.38. The third kappa shape index (κ3) is 5.65. The van der Waals surface area contributed by atoms with Gasteiger partial charge < -0.3 is 15.2 Å². The first kappa shape index (κ1) is 21.1. The molecule has 148 valence electrons. The van der Waals surface area contributed by atoms with Gasteiger partial charge >= 0.3 is 0 Å². The Bertz CT molecular complexity index is 790. The minimum absolute atomic E-state index is 0.0474. The van der Waals surface area contributed by atoms with Crippen molar-refractivity contribution in [2.45, 2.75) is 59.3 Å². The zero-order chi connectivity index (χ0) is 20.0. The van der Waals surface area contributed by atoms with Crippen molar-refractivity contribution >= 4 is 0 Å². The molecule has 0 spiro atoms. The fourth-order valence-corrected chi connectivity index (χ4v) is 2.74. The summed E-state index contributed by atoms with van der Waals surface area (Å²) < 4.78 is 12.9. The Labute approximate surface area is 161 Å². The molecule has 0 aliphatic carbocycles. The molecule has 0 saturated carbocycles.